The van der Waals surface area contributed by atoms with Gasteiger partial charge in [-0.25, -0.2) is 16.8 Å². The zero-order chi connectivity index (χ0) is 21.3. The first-order valence-electron chi connectivity index (χ1n) is 8.53. The van der Waals surface area contributed by atoms with Crippen molar-refractivity contribution >= 4 is 31.6 Å². The summed E-state index contributed by atoms with van der Waals surface area (Å²) >= 11 is 0. The van der Waals surface area contributed by atoms with Crippen LogP contribution in [0.2, 0.25) is 0 Å². The minimum absolute atomic E-state index is 0.0299. The average molecular weight is 429 g/mol. The number of primary amides is 1. The van der Waals surface area contributed by atoms with Gasteiger partial charge in [0.25, 0.3) is 15.9 Å². The number of nitrogens with one attached hydrogen (secondary N) is 1. The van der Waals surface area contributed by atoms with Crippen molar-refractivity contribution in [2.45, 2.75) is 30.6 Å². The summed E-state index contributed by atoms with van der Waals surface area (Å²) in [6, 6.07) is 5.46. The monoisotopic (exact) mass is 428 g/mol. The van der Waals surface area contributed by atoms with Crippen LogP contribution in [-0.4, -0.2) is 44.7 Å². The predicted molar refractivity (Wildman–Crippen MR) is 106 cm³/mol. The smallest absolute Gasteiger partial charge is 0.265 e. The third-order valence-electron chi connectivity index (χ3n) is 4.31. The normalized spacial score (nSPS) is 12.3. The molecular formula is C17H24N4O5S2. The molecule has 0 radical (unpaired) electrons. The number of rotatable bonds is 8. The van der Waals surface area contributed by atoms with Gasteiger partial charge < -0.3 is 10.3 Å². The van der Waals surface area contributed by atoms with E-state index in [0.29, 0.717) is 18.7 Å². The Bertz CT molecular complexity index is 1100. The molecule has 2 rings (SSSR count). The molecule has 9 nitrogen and oxygen atoms in total. The number of carbonyl (C=O) groups excluding carboxylic acids is 1. The standard InChI is InChI=1S/C17H24N4O5S2/c1-5-21(6-2)28(25,26)16-9-13(8-7-12(16)3)19-27(23,24)14-10-15(17(18)22)20(4)11-14/h7-11,19H,5-6H2,1-4H3,(H2,18,22). The van der Waals surface area contributed by atoms with Gasteiger partial charge in [0.2, 0.25) is 10.0 Å². The topological polar surface area (TPSA) is 132 Å². The Kier molecular flexibility index (Phi) is 6.21. The number of aromatic nitrogens is 1. The molecule has 1 aromatic carbocycles. The number of carbonyl (C=O) groups is 1. The van der Waals surface area contributed by atoms with Crippen molar-refractivity contribution in [3.05, 3.63) is 41.7 Å². The summed E-state index contributed by atoms with van der Waals surface area (Å²) in [5, 5.41) is 0. The van der Waals surface area contributed by atoms with Crippen LogP contribution in [0, 0.1) is 6.92 Å². The molecule has 2 aromatic rings. The third kappa shape index (κ3) is 4.21. The summed E-state index contributed by atoms with van der Waals surface area (Å²) in [6.07, 6.45) is 1.25. The van der Waals surface area contributed by atoms with Crippen molar-refractivity contribution in [2.75, 3.05) is 17.8 Å². The highest BCUT2D eigenvalue weighted by Crippen LogP contribution is 2.25. The molecule has 0 atom stereocenters. The third-order valence-corrected chi connectivity index (χ3v) is 7.85. The van der Waals surface area contributed by atoms with E-state index in [1.165, 1.54) is 40.3 Å². The summed E-state index contributed by atoms with van der Waals surface area (Å²) in [7, 11) is -6.30. The Labute approximate surface area is 165 Å². The van der Waals surface area contributed by atoms with Crippen LogP contribution in [-0.2, 0) is 27.1 Å². The minimum Gasteiger partial charge on any atom is -0.364 e. The van der Waals surface area contributed by atoms with Gasteiger partial charge in [-0.2, -0.15) is 4.31 Å². The number of nitrogens with two attached hydrogens (primary N) is 1. The number of anilines is 1. The maximum atomic E-state index is 12.8. The van der Waals surface area contributed by atoms with Crippen molar-refractivity contribution in [3.63, 3.8) is 0 Å². The number of hydrogen-bond acceptors (Lipinski definition) is 5. The lowest BCUT2D eigenvalue weighted by molar-refractivity contribution is 0.0992. The number of benzene rings is 1. The van der Waals surface area contributed by atoms with E-state index in [9.17, 15) is 21.6 Å². The first-order chi connectivity index (χ1) is 12.9. The Hall–Kier alpha value is -2.37. The summed E-state index contributed by atoms with van der Waals surface area (Å²) in [5.74, 6) is -0.758. The number of hydrogen-bond donors (Lipinski definition) is 2. The number of nitrogens with zero attached hydrogens (tertiary/aromatic N) is 2. The number of sulfonamides is 2. The Morgan fingerprint density at radius 1 is 1.14 bits per heavy atom. The molecule has 1 heterocycles. The van der Waals surface area contributed by atoms with Gasteiger partial charge in [-0.15, -0.1) is 0 Å². The van der Waals surface area contributed by atoms with E-state index in [1.54, 1.807) is 20.8 Å². The first kappa shape index (κ1) is 21.9. The second-order valence-corrected chi connectivity index (χ2v) is 9.80. The van der Waals surface area contributed by atoms with Gasteiger partial charge in [0.15, 0.2) is 0 Å². The van der Waals surface area contributed by atoms with E-state index in [1.807, 2.05) is 0 Å². The lowest BCUT2D eigenvalue weighted by Crippen LogP contribution is -2.31. The van der Waals surface area contributed by atoms with Crippen LogP contribution in [0.25, 0.3) is 0 Å². The zero-order valence-corrected chi connectivity index (χ0v) is 17.8. The zero-order valence-electron chi connectivity index (χ0n) is 16.1. The minimum atomic E-state index is -4.04. The molecule has 154 valence electrons. The predicted octanol–water partition coefficient (Wildman–Crippen LogP) is 1.26. The Morgan fingerprint density at radius 3 is 2.25 bits per heavy atom. The van der Waals surface area contributed by atoms with Gasteiger partial charge in [0.05, 0.1) is 10.6 Å². The van der Waals surface area contributed by atoms with E-state index in [-0.39, 0.29) is 21.2 Å². The second kappa shape index (κ2) is 7.94. The van der Waals surface area contributed by atoms with E-state index in [0.717, 1.165) is 6.07 Å². The molecule has 11 heteroatoms. The molecule has 0 bridgehead atoms. The lowest BCUT2D eigenvalue weighted by Gasteiger charge is -2.20. The molecule has 3 N–H and O–H groups in total. The molecule has 0 fully saturated rings. The molecule has 0 spiro atoms. The van der Waals surface area contributed by atoms with Crippen LogP contribution < -0.4 is 10.5 Å². The Morgan fingerprint density at radius 2 is 1.75 bits per heavy atom. The molecule has 0 aliphatic rings. The maximum Gasteiger partial charge on any atom is 0.265 e. The van der Waals surface area contributed by atoms with E-state index in [2.05, 4.69) is 4.72 Å². The van der Waals surface area contributed by atoms with Gasteiger partial charge in [-0.05, 0) is 30.7 Å². The molecule has 1 aromatic heterocycles. The molecule has 0 saturated heterocycles. The van der Waals surface area contributed by atoms with Crippen LogP contribution in [0.15, 0.2) is 40.3 Å². The van der Waals surface area contributed by atoms with Gasteiger partial charge >= 0.3 is 0 Å². The molecular weight excluding hydrogens is 404 g/mol. The maximum absolute atomic E-state index is 12.8. The summed E-state index contributed by atoms with van der Waals surface area (Å²) in [5.41, 5.74) is 5.86. The van der Waals surface area contributed by atoms with Gasteiger partial charge in [-0.1, -0.05) is 19.9 Å². The van der Waals surface area contributed by atoms with E-state index >= 15 is 0 Å². The van der Waals surface area contributed by atoms with Crippen molar-refractivity contribution < 1.29 is 21.6 Å². The van der Waals surface area contributed by atoms with Crippen molar-refractivity contribution in [1.29, 1.82) is 0 Å². The molecule has 0 aliphatic heterocycles. The summed E-state index contributed by atoms with van der Waals surface area (Å²) in [4.78, 5) is 11.2. The van der Waals surface area contributed by atoms with Crippen molar-refractivity contribution in [1.82, 2.24) is 8.87 Å². The SMILES string of the molecule is CCN(CC)S(=O)(=O)c1cc(NS(=O)(=O)c2cc(C(N)=O)n(C)c2)ccc1C. The van der Waals surface area contributed by atoms with E-state index < -0.39 is 26.0 Å². The highest BCUT2D eigenvalue weighted by atomic mass is 32.2. The van der Waals surface area contributed by atoms with Crippen molar-refractivity contribution in [2.24, 2.45) is 12.8 Å². The molecule has 28 heavy (non-hydrogen) atoms. The van der Waals surface area contributed by atoms with Crippen molar-refractivity contribution in [3.8, 4) is 0 Å². The highest BCUT2D eigenvalue weighted by Gasteiger charge is 2.25. The fraction of sp³-hybridized carbons (Fsp3) is 0.353. The molecule has 0 unspecified atom stereocenters. The van der Waals surface area contributed by atoms with Crippen LogP contribution in [0.5, 0.6) is 0 Å². The molecule has 0 aliphatic carbocycles. The fourth-order valence-electron chi connectivity index (χ4n) is 2.78. The Balaban J connectivity index is 2.45. The quantitative estimate of drug-likeness (QED) is 0.653. The second-order valence-electron chi connectivity index (χ2n) is 6.21. The highest BCUT2D eigenvalue weighted by molar-refractivity contribution is 7.92. The van der Waals surface area contributed by atoms with Crippen LogP contribution in [0.4, 0.5) is 5.69 Å². The number of aryl methyl sites for hydroxylation is 2. The molecule has 1 amide bonds. The van der Waals surface area contributed by atoms with Crippen LogP contribution >= 0.6 is 0 Å². The average Bonchev–Trinajstić information content (AvgIpc) is 3.00. The van der Waals surface area contributed by atoms with Gasteiger partial charge in [-0.3, -0.25) is 9.52 Å². The number of amides is 1. The molecule has 0 saturated carbocycles. The fourth-order valence-corrected chi connectivity index (χ4v) is 5.61. The van der Waals surface area contributed by atoms with Crippen LogP contribution in [0.1, 0.15) is 29.9 Å². The van der Waals surface area contributed by atoms with Gasteiger partial charge in [0, 0.05) is 26.3 Å². The van der Waals surface area contributed by atoms with Gasteiger partial charge in [0.1, 0.15) is 10.6 Å². The van der Waals surface area contributed by atoms with Crippen LogP contribution in [0.3, 0.4) is 0 Å². The first-order valence-corrected chi connectivity index (χ1v) is 11.5. The largest absolute Gasteiger partial charge is 0.364 e. The summed E-state index contributed by atoms with van der Waals surface area (Å²) in [6.45, 7) is 5.70. The van der Waals surface area contributed by atoms with E-state index in [4.69, 9.17) is 5.73 Å². The lowest BCUT2D eigenvalue weighted by atomic mass is 10.2. The summed E-state index contributed by atoms with van der Waals surface area (Å²) < 4.78 is 55.9.